The van der Waals surface area contributed by atoms with E-state index in [0.717, 1.165) is 12.3 Å². The third-order valence-electron chi connectivity index (χ3n) is 4.23. The summed E-state index contributed by atoms with van der Waals surface area (Å²) >= 11 is 0. The fraction of sp³-hybridized carbons (Fsp3) is 0.571. The number of benzene rings is 1. The van der Waals surface area contributed by atoms with Crippen molar-refractivity contribution in [3.63, 3.8) is 0 Å². The van der Waals surface area contributed by atoms with Gasteiger partial charge < -0.3 is 5.73 Å². The highest BCUT2D eigenvalue weighted by Gasteiger charge is 2.39. The van der Waals surface area contributed by atoms with Crippen LogP contribution < -0.4 is 5.73 Å². The zero-order valence-electron chi connectivity index (χ0n) is 9.74. The number of nitrogens with two attached hydrogens (primary N) is 1. The van der Waals surface area contributed by atoms with Crippen LogP contribution in [0, 0.1) is 11.8 Å². The Kier molecular flexibility index (Phi) is 2.83. The summed E-state index contributed by atoms with van der Waals surface area (Å²) in [6.45, 7) is 4.63. The molecule has 1 aliphatic rings. The van der Waals surface area contributed by atoms with Crippen molar-refractivity contribution in [1.82, 2.24) is 0 Å². The summed E-state index contributed by atoms with van der Waals surface area (Å²) in [4.78, 5) is 0. The maximum absolute atomic E-state index is 6.61. The van der Waals surface area contributed by atoms with Gasteiger partial charge in [-0.1, -0.05) is 57.0 Å². The van der Waals surface area contributed by atoms with Crippen LogP contribution in [0.1, 0.15) is 38.7 Å². The van der Waals surface area contributed by atoms with Crippen LogP contribution in [0.25, 0.3) is 0 Å². The molecule has 0 aliphatic heterocycles. The monoisotopic (exact) mass is 203 g/mol. The van der Waals surface area contributed by atoms with E-state index in [1.807, 2.05) is 0 Å². The summed E-state index contributed by atoms with van der Waals surface area (Å²) in [6.07, 6.45) is 3.71. The lowest BCUT2D eigenvalue weighted by Gasteiger charge is -2.43. The Hall–Kier alpha value is -0.820. The second-order valence-corrected chi connectivity index (χ2v) is 5.06. The smallest absolute Gasteiger partial charge is 0.0438 e. The van der Waals surface area contributed by atoms with E-state index in [-0.39, 0.29) is 5.54 Å². The Morgan fingerprint density at radius 1 is 1.20 bits per heavy atom. The molecule has 1 saturated carbocycles. The Bertz CT molecular complexity index is 319. The van der Waals surface area contributed by atoms with Crippen LogP contribution in [0.3, 0.4) is 0 Å². The van der Waals surface area contributed by atoms with E-state index in [4.69, 9.17) is 5.73 Å². The maximum atomic E-state index is 6.61. The van der Waals surface area contributed by atoms with Crippen molar-refractivity contribution in [2.24, 2.45) is 17.6 Å². The molecule has 0 heterocycles. The molecule has 0 amide bonds. The van der Waals surface area contributed by atoms with Crippen LogP contribution in [-0.2, 0) is 5.54 Å². The fourth-order valence-corrected chi connectivity index (χ4v) is 2.86. The SMILES string of the molecule is CC1CCCC(N)(c2ccccc2)C1C. The van der Waals surface area contributed by atoms with E-state index < -0.39 is 0 Å². The van der Waals surface area contributed by atoms with Gasteiger partial charge in [-0.2, -0.15) is 0 Å². The van der Waals surface area contributed by atoms with E-state index in [1.54, 1.807) is 0 Å². The molecular formula is C14H21N. The topological polar surface area (TPSA) is 26.0 Å². The molecular weight excluding hydrogens is 182 g/mol. The second kappa shape index (κ2) is 3.97. The first-order chi connectivity index (χ1) is 7.14. The lowest BCUT2D eigenvalue weighted by molar-refractivity contribution is 0.144. The van der Waals surface area contributed by atoms with Crippen LogP contribution in [-0.4, -0.2) is 0 Å². The molecule has 0 radical (unpaired) electrons. The quantitative estimate of drug-likeness (QED) is 0.744. The van der Waals surface area contributed by atoms with E-state index >= 15 is 0 Å². The molecule has 1 fully saturated rings. The zero-order valence-corrected chi connectivity index (χ0v) is 9.74. The normalized spacial score (nSPS) is 36.5. The Balaban J connectivity index is 2.32. The zero-order chi connectivity index (χ0) is 10.9. The fourth-order valence-electron chi connectivity index (χ4n) is 2.86. The molecule has 1 aromatic rings. The lowest BCUT2D eigenvalue weighted by atomic mass is 9.66. The molecule has 2 N–H and O–H groups in total. The van der Waals surface area contributed by atoms with E-state index in [9.17, 15) is 0 Å². The van der Waals surface area contributed by atoms with Crippen molar-refractivity contribution >= 4 is 0 Å². The van der Waals surface area contributed by atoms with E-state index in [2.05, 4.69) is 44.2 Å². The van der Waals surface area contributed by atoms with Crippen LogP contribution in [0.2, 0.25) is 0 Å². The Labute approximate surface area is 92.7 Å². The Morgan fingerprint density at radius 3 is 2.53 bits per heavy atom. The summed E-state index contributed by atoms with van der Waals surface area (Å²) < 4.78 is 0. The average Bonchev–Trinajstić information content (AvgIpc) is 2.27. The van der Waals surface area contributed by atoms with Gasteiger partial charge in [-0.05, 0) is 23.8 Å². The Morgan fingerprint density at radius 2 is 1.87 bits per heavy atom. The molecule has 0 bridgehead atoms. The van der Waals surface area contributed by atoms with Gasteiger partial charge in [0.2, 0.25) is 0 Å². The predicted molar refractivity (Wildman–Crippen MR) is 64.5 cm³/mol. The number of hydrogen-bond donors (Lipinski definition) is 1. The minimum absolute atomic E-state index is 0.0983. The van der Waals surface area contributed by atoms with Crippen molar-refractivity contribution in [2.45, 2.75) is 38.6 Å². The highest BCUT2D eigenvalue weighted by atomic mass is 14.8. The summed E-state index contributed by atoms with van der Waals surface area (Å²) in [6, 6.07) is 10.6. The van der Waals surface area contributed by atoms with Gasteiger partial charge >= 0.3 is 0 Å². The molecule has 3 unspecified atom stereocenters. The van der Waals surface area contributed by atoms with Gasteiger partial charge in [0.25, 0.3) is 0 Å². The van der Waals surface area contributed by atoms with Crippen molar-refractivity contribution in [3.05, 3.63) is 35.9 Å². The number of hydrogen-bond acceptors (Lipinski definition) is 1. The second-order valence-electron chi connectivity index (χ2n) is 5.06. The van der Waals surface area contributed by atoms with Gasteiger partial charge in [0.15, 0.2) is 0 Å². The van der Waals surface area contributed by atoms with Gasteiger partial charge in [0.1, 0.15) is 0 Å². The highest BCUT2D eigenvalue weighted by molar-refractivity contribution is 5.25. The highest BCUT2D eigenvalue weighted by Crippen LogP contribution is 2.42. The molecule has 1 aliphatic carbocycles. The minimum atomic E-state index is -0.0983. The molecule has 15 heavy (non-hydrogen) atoms. The van der Waals surface area contributed by atoms with Crippen molar-refractivity contribution in [1.29, 1.82) is 0 Å². The molecule has 1 nitrogen and oxygen atoms in total. The standard InChI is InChI=1S/C14H21N/c1-11-7-6-10-14(15,12(11)2)13-8-4-3-5-9-13/h3-5,8-9,11-12H,6-7,10,15H2,1-2H3. The maximum Gasteiger partial charge on any atom is 0.0438 e. The molecule has 2 rings (SSSR count). The molecule has 3 atom stereocenters. The third kappa shape index (κ3) is 1.81. The van der Waals surface area contributed by atoms with Crippen LogP contribution in [0.4, 0.5) is 0 Å². The van der Waals surface area contributed by atoms with Crippen molar-refractivity contribution in [2.75, 3.05) is 0 Å². The van der Waals surface area contributed by atoms with E-state index in [0.29, 0.717) is 5.92 Å². The van der Waals surface area contributed by atoms with Gasteiger partial charge in [0, 0.05) is 5.54 Å². The van der Waals surface area contributed by atoms with Gasteiger partial charge in [-0.25, -0.2) is 0 Å². The average molecular weight is 203 g/mol. The molecule has 1 heteroatoms. The van der Waals surface area contributed by atoms with Crippen LogP contribution in [0.15, 0.2) is 30.3 Å². The molecule has 82 valence electrons. The van der Waals surface area contributed by atoms with Crippen molar-refractivity contribution in [3.8, 4) is 0 Å². The first-order valence-corrected chi connectivity index (χ1v) is 5.99. The summed E-state index contributed by atoms with van der Waals surface area (Å²) in [5.74, 6) is 1.32. The summed E-state index contributed by atoms with van der Waals surface area (Å²) in [5.41, 5.74) is 7.83. The lowest BCUT2D eigenvalue weighted by Crippen LogP contribution is -2.48. The molecule has 0 aromatic heterocycles. The first kappa shape index (κ1) is 10.7. The molecule has 0 spiro atoms. The van der Waals surface area contributed by atoms with Gasteiger partial charge in [-0.3, -0.25) is 0 Å². The van der Waals surface area contributed by atoms with Crippen molar-refractivity contribution < 1.29 is 0 Å². The number of rotatable bonds is 1. The third-order valence-corrected chi connectivity index (χ3v) is 4.23. The van der Waals surface area contributed by atoms with Crippen LogP contribution >= 0.6 is 0 Å². The van der Waals surface area contributed by atoms with Crippen LogP contribution in [0.5, 0.6) is 0 Å². The predicted octanol–water partition coefficient (Wildman–Crippen LogP) is 3.30. The largest absolute Gasteiger partial charge is 0.321 e. The minimum Gasteiger partial charge on any atom is -0.321 e. The summed E-state index contributed by atoms with van der Waals surface area (Å²) in [5, 5.41) is 0. The first-order valence-electron chi connectivity index (χ1n) is 5.99. The summed E-state index contributed by atoms with van der Waals surface area (Å²) in [7, 11) is 0. The van der Waals surface area contributed by atoms with Gasteiger partial charge in [0.05, 0.1) is 0 Å². The van der Waals surface area contributed by atoms with E-state index in [1.165, 1.54) is 18.4 Å². The molecule has 0 saturated heterocycles. The van der Waals surface area contributed by atoms with Gasteiger partial charge in [-0.15, -0.1) is 0 Å². The molecule has 1 aromatic carbocycles.